The van der Waals surface area contributed by atoms with Crippen LogP contribution in [0.15, 0.2) is 164 Å². The van der Waals surface area contributed by atoms with Crippen molar-refractivity contribution in [3.63, 3.8) is 0 Å². The van der Waals surface area contributed by atoms with Crippen molar-refractivity contribution in [1.82, 2.24) is 15.0 Å². The van der Waals surface area contributed by atoms with E-state index in [2.05, 4.69) is 78.9 Å². The quantitative estimate of drug-likeness (QED) is 0.190. The van der Waals surface area contributed by atoms with E-state index >= 15 is 0 Å². The molecule has 0 atom stereocenters. The predicted molar refractivity (Wildman–Crippen MR) is 199 cm³/mol. The van der Waals surface area contributed by atoms with E-state index < -0.39 is 5.41 Å². The van der Waals surface area contributed by atoms with Crippen LogP contribution in [-0.2, 0) is 5.41 Å². The molecule has 8 aromatic rings. The number of hydrogen-bond donors (Lipinski definition) is 0. The Morgan fingerprint density at radius 3 is 1.51 bits per heavy atom. The lowest BCUT2D eigenvalue weighted by Gasteiger charge is -2.31. The highest BCUT2D eigenvalue weighted by Crippen LogP contribution is 2.66. The summed E-state index contributed by atoms with van der Waals surface area (Å²) in [7, 11) is 0. The Labute approximate surface area is 294 Å². The number of hydrogen-bond acceptors (Lipinski definition) is 5. The Morgan fingerprint density at radius 1 is 0.353 bits per heavy atom. The first-order valence-electron chi connectivity index (χ1n) is 17.1. The maximum atomic E-state index is 6.74. The first-order valence-corrected chi connectivity index (χ1v) is 17.1. The minimum Gasteiger partial charge on any atom is -0.449 e. The van der Waals surface area contributed by atoms with Gasteiger partial charge in [0.15, 0.2) is 40.5 Å². The van der Waals surface area contributed by atoms with Gasteiger partial charge in [-0.3, -0.25) is 0 Å². The average molecular weight is 654 g/mol. The third-order valence-corrected chi connectivity index (χ3v) is 10.4. The van der Waals surface area contributed by atoms with Crippen molar-refractivity contribution in [1.29, 1.82) is 0 Å². The van der Waals surface area contributed by atoms with Crippen molar-refractivity contribution in [2.75, 3.05) is 0 Å². The summed E-state index contributed by atoms with van der Waals surface area (Å²) in [5.41, 5.74) is 11.6. The molecule has 2 heterocycles. The lowest BCUT2D eigenvalue weighted by molar-refractivity contribution is 0.360. The zero-order valence-corrected chi connectivity index (χ0v) is 27.2. The Morgan fingerprint density at radius 2 is 0.882 bits per heavy atom. The number of nitrogens with zero attached hydrogens (tertiary/aromatic N) is 3. The van der Waals surface area contributed by atoms with Crippen LogP contribution in [0.25, 0.3) is 56.4 Å². The van der Waals surface area contributed by atoms with E-state index in [1.807, 2.05) is 84.9 Å². The van der Waals surface area contributed by atoms with Crippen LogP contribution in [0.3, 0.4) is 0 Å². The van der Waals surface area contributed by atoms with Crippen LogP contribution >= 0.6 is 0 Å². The van der Waals surface area contributed by atoms with Crippen molar-refractivity contribution in [3.8, 4) is 79.4 Å². The topological polar surface area (TPSA) is 57.1 Å². The van der Waals surface area contributed by atoms with E-state index in [4.69, 9.17) is 24.4 Å². The van der Waals surface area contributed by atoms with Crippen molar-refractivity contribution in [2.24, 2.45) is 0 Å². The summed E-state index contributed by atoms with van der Waals surface area (Å²) in [5, 5.41) is 0. The molecule has 3 aliphatic rings. The van der Waals surface area contributed by atoms with Crippen molar-refractivity contribution in [2.45, 2.75) is 5.41 Å². The standard InChI is InChI=1S/C46H27N3O2/c1-3-13-28(14-4-1)43-47-44(29-15-5-2-6-16-29)49-45(48-43)30-23-24-33-37(27-30)46(34-19-9-7-17-31(34)32-18-8-10-20-35(32)46)36-25-26-40-42(41(33)36)51-39-22-12-11-21-38(39)50-40/h1-27H. The second-order valence-corrected chi connectivity index (χ2v) is 13.1. The van der Waals surface area contributed by atoms with Gasteiger partial charge in [0, 0.05) is 22.3 Å². The fourth-order valence-electron chi connectivity index (χ4n) is 8.28. The number of rotatable bonds is 3. The summed E-state index contributed by atoms with van der Waals surface area (Å²) >= 11 is 0. The Balaban J connectivity index is 1.20. The zero-order valence-electron chi connectivity index (χ0n) is 27.2. The van der Waals surface area contributed by atoms with Gasteiger partial charge in [0.05, 0.1) is 5.41 Å². The van der Waals surface area contributed by atoms with Gasteiger partial charge in [0.2, 0.25) is 0 Å². The molecule has 0 amide bonds. The van der Waals surface area contributed by atoms with E-state index in [0.717, 1.165) is 39.1 Å². The highest BCUT2D eigenvalue weighted by atomic mass is 16.6. The Kier molecular flexibility index (Phi) is 5.81. The molecule has 0 saturated heterocycles. The van der Waals surface area contributed by atoms with Gasteiger partial charge in [-0.25, -0.2) is 15.0 Å². The molecule has 7 aromatic carbocycles. The monoisotopic (exact) mass is 653 g/mol. The number of fused-ring (bicyclic) bond motifs is 13. The third kappa shape index (κ3) is 3.94. The van der Waals surface area contributed by atoms with Gasteiger partial charge in [0.25, 0.3) is 0 Å². The van der Waals surface area contributed by atoms with Gasteiger partial charge in [-0.15, -0.1) is 0 Å². The van der Waals surface area contributed by atoms with Crippen LogP contribution in [0.4, 0.5) is 0 Å². The molecule has 5 nitrogen and oxygen atoms in total. The number of ether oxygens (including phenoxy) is 2. The van der Waals surface area contributed by atoms with Crippen LogP contribution in [0.5, 0.6) is 23.0 Å². The van der Waals surface area contributed by atoms with Gasteiger partial charge >= 0.3 is 0 Å². The molecule has 1 aromatic heterocycles. The average Bonchev–Trinajstić information content (AvgIpc) is 3.68. The lowest BCUT2D eigenvalue weighted by Crippen LogP contribution is -2.26. The maximum absolute atomic E-state index is 6.74. The maximum Gasteiger partial charge on any atom is 0.178 e. The van der Waals surface area contributed by atoms with Crippen LogP contribution in [0, 0.1) is 0 Å². The van der Waals surface area contributed by atoms with E-state index in [1.54, 1.807) is 0 Å². The normalized spacial score (nSPS) is 13.6. The molecule has 5 heteroatoms. The molecule has 1 aliphatic heterocycles. The summed E-state index contributed by atoms with van der Waals surface area (Å²) in [6.07, 6.45) is 0. The zero-order chi connectivity index (χ0) is 33.5. The second-order valence-electron chi connectivity index (χ2n) is 13.1. The highest BCUT2D eigenvalue weighted by Gasteiger charge is 2.53. The third-order valence-electron chi connectivity index (χ3n) is 10.4. The van der Waals surface area contributed by atoms with Gasteiger partial charge in [0.1, 0.15) is 0 Å². The summed E-state index contributed by atoms with van der Waals surface area (Å²) in [4.78, 5) is 15.2. The molecule has 0 saturated carbocycles. The molecule has 0 N–H and O–H groups in total. The molecule has 0 fully saturated rings. The molecule has 51 heavy (non-hydrogen) atoms. The number of aromatic nitrogens is 3. The van der Waals surface area contributed by atoms with Gasteiger partial charge < -0.3 is 9.47 Å². The van der Waals surface area contributed by atoms with Gasteiger partial charge in [-0.2, -0.15) is 0 Å². The summed E-state index contributed by atoms with van der Waals surface area (Å²) in [6.45, 7) is 0. The first kappa shape index (κ1) is 28.0. The Bertz CT molecular complexity index is 2600. The summed E-state index contributed by atoms with van der Waals surface area (Å²) < 4.78 is 13.2. The van der Waals surface area contributed by atoms with E-state index in [-0.39, 0.29) is 0 Å². The molecule has 11 rings (SSSR count). The van der Waals surface area contributed by atoms with Gasteiger partial charge in [-0.05, 0) is 63.2 Å². The first-order chi connectivity index (χ1) is 25.3. The predicted octanol–water partition coefficient (Wildman–Crippen LogP) is 11.1. The smallest absolute Gasteiger partial charge is 0.178 e. The molecule has 0 bridgehead atoms. The van der Waals surface area contributed by atoms with Crippen molar-refractivity contribution >= 4 is 0 Å². The summed E-state index contributed by atoms with van der Waals surface area (Å²) in [6, 6.07) is 56.6. The molecular weight excluding hydrogens is 627 g/mol. The van der Waals surface area contributed by atoms with Crippen LogP contribution in [-0.4, -0.2) is 15.0 Å². The summed E-state index contributed by atoms with van der Waals surface area (Å²) in [5.74, 6) is 4.74. The van der Waals surface area contributed by atoms with Crippen LogP contribution in [0.2, 0.25) is 0 Å². The minimum absolute atomic E-state index is 0.596. The van der Waals surface area contributed by atoms with Crippen molar-refractivity contribution < 1.29 is 9.47 Å². The van der Waals surface area contributed by atoms with Gasteiger partial charge in [-0.1, -0.05) is 140 Å². The van der Waals surface area contributed by atoms with E-state index in [9.17, 15) is 0 Å². The fraction of sp³-hybridized carbons (Fsp3) is 0.0217. The largest absolute Gasteiger partial charge is 0.449 e. The van der Waals surface area contributed by atoms with E-state index in [1.165, 1.54) is 27.8 Å². The molecule has 0 unspecified atom stereocenters. The van der Waals surface area contributed by atoms with E-state index in [0.29, 0.717) is 34.7 Å². The Hall–Kier alpha value is -6.85. The second kappa shape index (κ2) is 10.6. The molecule has 238 valence electrons. The van der Waals surface area contributed by atoms with Crippen LogP contribution in [0.1, 0.15) is 22.3 Å². The molecule has 1 spiro atoms. The SMILES string of the molecule is c1ccc(-c2nc(-c3ccccc3)nc(-c3ccc4c(c3)C3(c5ccccc5-c5ccccc53)c3ccc5c(c3-4)Oc3ccccc3O5)n2)cc1. The molecule has 0 radical (unpaired) electrons. The lowest BCUT2D eigenvalue weighted by atomic mass is 9.70. The number of benzene rings is 7. The number of para-hydroxylation sites is 2. The molecular formula is C46H27N3O2. The van der Waals surface area contributed by atoms with Crippen molar-refractivity contribution in [3.05, 3.63) is 186 Å². The minimum atomic E-state index is -0.596. The molecule has 2 aliphatic carbocycles. The fourth-order valence-corrected chi connectivity index (χ4v) is 8.28. The highest BCUT2D eigenvalue weighted by molar-refractivity contribution is 5.98. The van der Waals surface area contributed by atoms with Crippen LogP contribution < -0.4 is 9.47 Å².